The third-order valence-corrected chi connectivity index (χ3v) is 4.80. The van der Waals surface area contributed by atoms with Gasteiger partial charge in [0.25, 0.3) is 6.81 Å². The van der Waals surface area contributed by atoms with Gasteiger partial charge in [-0.2, -0.15) is 0 Å². The van der Waals surface area contributed by atoms with E-state index in [0.29, 0.717) is 13.1 Å². The van der Waals surface area contributed by atoms with Crippen molar-refractivity contribution < 1.29 is 14.2 Å². The first-order valence-corrected chi connectivity index (χ1v) is 8.12. The van der Waals surface area contributed by atoms with Gasteiger partial charge in [-0.1, -0.05) is 25.4 Å². The van der Waals surface area contributed by atoms with E-state index in [0.717, 1.165) is 6.42 Å². The molecule has 1 fully saturated rings. The van der Waals surface area contributed by atoms with Crippen LogP contribution in [0.4, 0.5) is 4.79 Å². The van der Waals surface area contributed by atoms with E-state index in [4.69, 9.17) is 9.39 Å². The van der Waals surface area contributed by atoms with E-state index in [1.54, 1.807) is 4.90 Å². The van der Waals surface area contributed by atoms with Gasteiger partial charge in [0, 0.05) is 18.7 Å². The second kappa shape index (κ2) is 5.63. The van der Waals surface area contributed by atoms with Crippen LogP contribution in [0.25, 0.3) is 0 Å². The van der Waals surface area contributed by atoms with Crippen molar-refractivity contribution in [1.82, 2.24) is 4.90 Å². The van der Waals surface area contributed by atoms with Crippen molar-refractivity contribution >= 4 is 20.1 Å². The number of nitrogens with zero attached hydrogens (tertiary/aromatic N) is 1. The van der Waals surface area contributed by atoms with E-state index in [2.05, 4.69) is 40.9 Å². The normalized spacial score (nSPS) is 23.9. The number of rotatable bonds is 1. The molecule has 121 valence electrons. The molecule has 0 atom stereocenters. The molecule has 0 unspecified atom stereocenters. The van der Waals surface area contributed by atoms with Crippen LogP contribution in [0.5, 0.6) is 0 Å². The Kier molecular flexibility index (Phi) is 4.46. The molecule has 2 heterocycles. The predicted molar refractivity (Wildman–Crippen MR) is 91.2 cm³/mol. The van der Waals surface area contributed by atoms with Crippen molar-refractivity contribution in [2.24, 2.45) is 0 Å². The van der Waals surface area contributed by atoms with Crippen LogP contribution in [0.3, 0.4) is 0 Å². The highest BCUT2D eigenvalue weighted by Crippen LogP contribution is 2.47. The summed E-state index contributed by atoms with van der Waals surface area (Å²) in [4.78, 5) is 13.8. The van der Waals surface area contributed by atoms with E-state index in [1.165, 1.54) is 5.47 Å². The Balaban J connectivity index is 1.97. The lowest BCUT2D eigenvalue weighted by molar-refractivity contribution is 0.0265. The second-order valence-electron chi connectivity index (χ2n) is 8.39. The zero-order chi connectivity index (χ0) is 16.8. The summed E-state index contributed by atoms with van der Waals surface area (Å²) in [5, 5.41) is 0.0425. The molecule has 0 aliphatic carbocycles. The fraction of sp³-hybridized carbons (Fsp3) is 0.812. The average Bonchev–Trinajstić information content (AvgIpc) is 2.56. The van der Waals surface area contributed by atoms with Crippen LogP contribution in [0, 0.1) is 0 Å². The second-order valence-corrected chi connectivity index (χ2v) is 8.39. The maximum absolute atomic E-state index is 12.1. The first kappa shape index (κ1) is 17.5. The van der Waals surface area contributed by atoms with Crippen LogP contribution in [-0.4, -0.2) is 49.3 Å². The molecule has 2 aliphatic heterocycles. The summed E-state index contributed by atoms with van der Waals surface area (Å²) in [5.41, 5.74) is 0.664. The predicted octanol–water partition coefficient (Wildman–Crippen LogP) is 3.29. The highest BCUT2D eigenvalue weighted by molar-refractivity contribution is 7.15. The molecule has 4 nitrogen and oxygen atoms in total. The van der Waals surface area contributed by atoms with Crippen LogP contribution < -0.4 is 0 Å². The van der Waals surface area contributed by atoms with Gasteiger partial charge < -0.3 is 14.3 Å². The van der Waals surface area contributed by atoms with Crippen molar-refractivity contribution in [1.29, 1.82) is 0 Å². The zero-order valence-electron chi connectivity index (χ0n) is 15.0. The maximum Gasteiger partial charge on any atom is 0.410 e. The van der Waals surface area contributed by atoms with E-state index >= 15 is 0 Å². The number of hydrogen-bond acceptors (Lipinski definition) is 3. The lowest BCUT2D eigenvalue weighted by Gasteiger charge is -2.35. The molecule has 6 heteroatoms. The Labute approximate surface area is 135 Å². The minimum absolute atomic E-state index is 0.0425. The Bertz CT molecular complexity index is 464. The molecule has 1 radical (unpaired) electrons. The topological polar surface area (TPSA) is 38.8 Å². The molecule has 0 aromatic rings. The van der Waals surface area contributed by atoms with Gasteiger partial charge in [-0.15, -0.1) is 0 Å². The maximum atomic E-state index is 12.1. The standard InChI is InChI=1S/C16H28B2NO3/c1-14(2,3)21-13(20)19-10-8-12(9-11-19)18-17-15(4,5)16(6,7)22-18/h8H,9-11H2,1-7H3. The van der Waals surface area contributed by atoms with Crippen LogP contribution in [0.2, 0.25) is 5.31 Å². The average molecular weight is 304 g/mol. The minimum Gasteiger partial charge on any atom is -0.444 e. The summed E-state index contributed by atoms with van der Waals surface area (Å²) in [6, 6.07) is 0. The molecule has 0 spiro atoms. The van der Waals surface area contributed by atoms with E-state index in [1.807, 2.05) is 20.8 Å². The first-order chi connectivity index (χ1) is 9.91. The molecule has 2 rings (SSSR count). The number of carbonyl (C=O) groups is 1. The van der Waals surface area contributed by atoms with Crippen molar-refractivity contribution in [3.63, 3.8) is 0 Å². The van der Waals surface area contributed by atoms with Gasteiger partial charge >= 0.3 is 6.09 Å². The van der Waals surface area contributed by atoms with Crippen LogP contribution in [0.15, 0.2) is 11.5 Å². The smallest absolute Gasteiger partial charge is 0.410 e. The Morgan fingerprint density at radius 3 is 2.41 bits per heavy atom. The van der Waals surface area contributed by atoms with Crippen molar-refractivity contribution in [2.45, 2.75) is 71.4 Å². The summed E-state index contributed by atoms with van der Waals surface area (Å²) in [7, 11) is 2.29. The minimum atomic E-state index is -0.447. The SMILES string of the molecule is CC(C)(C)OC(=O)N1CC=C(B2[B]C(C)(C)C(C)(C)O2)CC1. The van der Waals surface area contributed by atoms with Gasteiger partial charge in [-0.3, -0.25) is 0 Å². The van der Waals surface area contributed by atoms with Crippen molar-refractivity contribution in [2.75, 3.05) is 13.1 Å². The number of hydrogen-bond donors (Lipinski definition) is 0. The molecule has 1 saturated heterocycles. The summed E-state index contributed by atoms with van der Waals surface area (Å²) in [5.74, 6) is 0. The van der Waals surface area contributed by atoms with E-state index in [-0.39, 0.29) is 23.8 Å². The van der Waals surface area contributed by atoms with Gasteiger partial charge in [-0.25, -0.2) is 4.79 Å². The van der Waals surface area contributed by atoms with Crippen LogP contribution in [0.1, 0.15) is 54.9 Å². The fourth-order valence-corrected chi connectivity index (χ4v) is 2.70. The summed E-state index contributed by atoms with van der Waals surface area (Å²) >= 11 is 0. The highest BCUT2D eigenvalue weighted by atomic mass is 16.6. The molecule has 0 bridgehead atoms. The Morgan fingerprint density at radius 2 is 2.00 bits per heavy atom. The van der Waals surface area contributed by atoms with E-state index in [9.17, 15) is 4.79 Å². The van der Waals surface area contributed by atoms with Gasteiger partial charge in [0.2, 0.25) is 0 Å². The third kappa shape index (κ3) is 3.70. The van der Waals surface area contributed by atoms with Gasteiger partial charge in [-0.05, 0) is 46.4 Å². The van der Waals surface area contributed by atoms with Crippen molar-refractivity contribution in [3.05, 3.63) is 11.5 Å². The number of carbonyl (C=O) groups excluding carboxylic acids is 1. The first-order valence-electron chi connectivity index (χ1n) is 8.12. The third-order valence-electron chi connectivity index (χ3n) is 4.80. The summed E-state index contributed by atoms with van der Waals surface area (Å²) in [6.45, 7) is 15.7. The Hall–Kier alpha value is -0.900. The molecular weight excluding hydrogens is 276 g/mol. The molecule has 0 saturated carbocycles. The molecule has 22 heavy (non-hydrogen) atoms. The number of ether oxygens (including phenoxy) is 1. The van der Waals surface area contributed by atoms with E-state index < -0.39 is 5.60 Å². The monoisotopic (exact) mass is 304 g/mol. The fourth-order valence-electron chi connectivity index (χ4n) is 2.70. The molecule has 1 amide bonds. The Morgan fingerprint density at radius 1 is 1.36 bits per heavy atom. The molecule has 0 N–H and O–H groups in total. The van der Waals surface area contributed by atoms with Gasteiger partial charge in [0.05, 0.1) is 0 Å². The number of amides is 1. The lowest BCUT2D eigenvalue weighted by atomic mass is 9.23. The van der Waals surface area contributed by atoms with Gasteiger partial charge in [0.1, 0.15) is 12.8 Å². The molecule has 0 aromatic carbocycles. The summed E-state index contributed by atoms with van der Waals surface area (Å²) < 4.78 is 11.6. The van der Waals surface area contributed by atoms with Crippen LogP contribution in [-0.2, 0) is 9.39 Å². The van der Waals surface area contributed by atoms with Crippen molar-refractivity contribution in [3.8, 4) is 0 Å². The quantitative estimate of drug-likeness (QED) is 0.698. The summed E-state index contributed by atoms with van der Waals surface area (Å²) in [6.07, 6.45) is 2.72. The van der Waals surface area contributed by atoms with Gasteiger partial charge in [0.15, 0.2) is 0 Å². The largest absolute Gasteiger partial charge is 0.444 e. The van der Waals surface area contributed by atoms with Crippen LogP contribution >= 0.6 is 0 Å². The highest BCUT2D eigenvalue weighted by Gasteiger charge is 2.50. The lowest BCUT2D eigenvalue weighted by Crippen LogP contribution is -2.41. The molecule has 2 aliphatic rings. The molecular formula is C16H28B2NO3. The zero-order valence-corrected chi connectivity index (χ0v) is 15.0. The molecule has 0 aromatic heterocycles.